The lowest BCUT2D eigenvalue weighted by Crippen LogP contribution is -2.41. The lowest BCUT2D eigenvalue weighted by Gasteiger charge is -2.27. The van der Waals surface area contributed by atoms with Crippen molar-refractivity contribution in [3.05, 3.63) is 47.3 Å². The molecule has 0 spiro atoms. The first-order chi connectivity index (χ1) is 8.31. The van der Waals surface area contributed by atoms with Crippen LogP contribution in [-0.2, 0) is 17.4 Å². The first-order valence-electron chi connectivity index (χ1n) is 4.82. The van der Waals surface area contributed by atoms with Crippen LogP contribution >= 0.6 is 0 Å². The highest BCUT2D eigenvalue weighted by molar-refractivity contribution is 6.04. The first-order valence-corrected chi connectivity index (χ1v) is 4.82. The Hall–Kier alpha value is -1.89. The van der Waals surface area contributed by atoms with E-state index in [9.17, 15) is 27.5 Å². The van der Waals surface area contributed by atoms with E-state index in [1.807, 2.05) is 0 Å². The molecule has 1 heterocycles. The summed E-state index contributed by atoms with van der Waals surface area (Å²) in [7, 11) is 1.33. The highest BCUT2D eigenvalue weighted by atomic mass is 19.2. The predicted molar refractivity (Wildman–Crippen MR) is 52.8 cm³/mol. The zero-order valence-electron chi connectivity index (χ0n) is 9.05. The van der Waals surface area contributed by atoms with Crippen LogP contribution in [0, 0.1) is 0 Å². The summed E-state index contributed by atoms with van der Waals surface area (Å²) in [6, 6.07) is 2.43. The molecule has 1 unspecified atom stereocenters. The number of nitrogens with zero attached hydrogens (tertiary/aromatic N) is 1. The molecular formula is C11H7F4NO2. The van der Waals surface area contributed by atoms with Crippen LogP contribution in [0.2, 0.25) is 0 Å². The molecule has 0 bridgehead atoms. The molecule has 0 fully saturated rings. The van der Waals surface area contributed by atoms with Crippen LogP contribution < -0.4 is 0 Å². The van der Waals surface area contributed by atoms with Gasteiger partial charge in [-0.25, -0.2) is 13.2 Å². The minimum Gasteiger partial charge on any atom is -0.370 e. The number of aliphatic hydroxyl groups is 1. The van der Waals surface area contributed by atoms with Crippen molar-refractivity contribution >= 4 is 5.78 Å². The standard InChI is InChI=1S/C11H7F4NO2/c1-16-4-2-3-5(16)11(18)9(15)7(13)6(12)8(14)10(11)17/h2-4,18H,1H3. The number of halogens is 4. The molecule has 1 aromatic rings. The van der Waals surface area contributed by atoms with Crippen LogP contribution in [0.3, 0.4) is 0 Å². The third kappa shape index (κ3) is 1.37. The third-order valence-corrected chi connectivity index (χ3v) is 2.74. The minimum absolute atomic E-state index is 0.400. The summed E-state index contributed by atoms with van der Waals surface area (Å²) in [4.78, 5) is 11.5. The molecule has 0 saturated heterocycles. The van der Waals surface area contributed by atoms with Crippen LogP contribution in [0.5, 0.6) is 0 Å². The molecule has 0 saturated carbocycles. The fourth-order valence-electron chi connectivity index (χ4n) is 1.78. The van der Waals surface area contributed by atoms with E-state index in [0.717, 1.165) is 10.6 Å². The fourth-order valence-corrected chi connectivity index (χ4v) is 1.78. The number of aromatic nitrogens is 1. The topological polar surface area (TPSA) is 42.2 Å². The van der Waals surface area contributed by atoms with Crippen LogP contribution in [-0.4, -0.2) is 15.5 Å². The Morgan fingerprint density at radius 1 is 1.17 bits per heavy atom. The van der Waals surface area contributed by atoms with E-state index < -0.39 is 40.4 Å². The van der Waals surface area contributed by atoms with Crippen molar-refractivity contribution in [1.29, 1.82) is 0 Å². The Kier molecular flexibility index (Phi) is 2.66. The maximum absolute atomic E-state index is 13.6. The lowest BCUT2D eigenvalue weighted by atomic mass is 9.87. The summed E-state index contributed by atoms with van der Waals surface area (Å²) in [5.41, 5.74) is -3.58. The number of hydrogen-bond acceptors (Lipinski definition) is 2. The van der Waals surface area contributed by atoms with E-state index in [1.165, 1.54) is 19.3 Å². The summed E-state index contributed by atoms with van der Waals surface area (Å²) < 4.78 is 53.9. The van der Waals surface area contributed by atoms with Gasteiger partial charge in [-0.2, -0.15) is 4.39 Å². The van der Waals surface area contributed by atoms with Crippen molar-refractivity contribution in [3.63, 3.8) is 0 Å². The SMILES string of the molecule is Cn1cccc1C1(O)C(=O)C(F)=C(F)C(F)=C1F. The zero-order valence-corrected chi connectivity index (χ0v) is 9.05. The Labute approximate surface area is 98.6 Å². The molecule has 0 aliphatic heterocycles. The summed E-state index contributed by atoms with van der Waals surface area (Å²) in [6.07, 6.45) is 1.33. The largest absolute Gasteiger partial charge is 0.370 e. The van der Waals surface area contributed by atoms with Crippen molar-refractivity contribution in [2.45, 2.75) is 5.60 Å². The molecule has 1 N–H and O–H groups in total. The summed E-state index contributed by atoms with van der Waals surface area (Å²) >= 11 is 0. The molecule has 0 radical (unpaired) electrons. The molecule has 1 aliphatic carbocycles. The second-order valence-electron chi connectivity index (χ2n) is 3.80. The Bertz CT molecular complexity index is 602. The van der Waals surface area contributed by atoms with Gasteiger partial charge in [0.2, 0.25) is 23.0 Å². The highest BCUT2D eigenvalue weighted by Gasteiger charge is 2.53. The number of ketones is 1. The van der Waals surface area contributed by atoms with Gasteiger partial charge in [-0.1, -0.05) is 0 Å². The van der Waals surface area contributed by atoms with Crippen LogP contribution in [0.4, 0.5) is 17.6 Å². The molecule has 0 aromatic carbocycles. The molecule has 3 nitrogen and oxygen atoms in total. The fraction of sp³-hybridized carbons (Fsp3) is 0.182. The molecule has 96 valence electrons. The van der Waals surface area contributed by atoms with E-state index in [4.69, 9.17) is 0 Å². The van der Waals surface area contributed by atoms with Gasteiger partial charge in [0, 0.05) is 13.2 Å². The minimum atomic E-state index is -3.18. The Balaban J connectivity index is 2.74. The molecule has 1 aliphatic rings. The maximum Gasteiger partial charge on any atom is 0.239 e. The number of Topliss-reactive ketones (excluding diaryl/α,β-unsaturated/α-hetero) is 1. The maximum atomic E-state index is 13.6. The number of rotatable bonds is 1. The van der Waals surface area contributed by atoms with Crippen molar-refractivity contribution < 1.29 is 27.5 Å². The van der Waals surface area contributed by atoms with Gasteiger partial charge in [0.1, 0.15) is 0 Å². The van der Waals surface area contributed by atoms with Crippen molar-refractivity contribution in [1.82, 2.24) is 4.57 Å². The van der Waals surface area contributed by atoms with Gasteiger partial charge < -0.3 is 9.67 Å². The van der Waals surface area contributed by atoms with Gasteiger partial charge in [-0.3, -0.25) is 4.79 Å². The number of hydrogen-bond donors (Lipinski definition) is 1. The molecule has 7 heteroatoms. The summed E-state index contributed by atoms with van der Waals surface area (Å²) in [6.45, 7) is 0. The van der Waals surface area contributed by atoms with Crippen molar-refractivity contribution in [2.24, 2.45) is 7.05 Å². The number of allylic oxidation sites excluding steroid dienone is 2. The molecule has 2 rings (SSSR count). The van der Waals surface area contributed by atoms with Crippen molar-refractivity contribution in [2.75, 3.05) is 0 Å². The normalized spacial score (nSPS) is 25.1. The van der Waals surface area contributed by atoms with Crippen LogP contribution in [0.25, 0.3) is 0 Å². The van der Waals surface area contributed by atoms with Gasteiger partial charge in [0.15, 0.2) is 11.7 Å². The summed E-state index contributed by atoms with van der Waals surface area (Å²) in [5.74, 6) is -10.5. The van der Waals surface area contributed by atoms with Crippen LogP contribution in [0.15, 0.2) is 41.6 Å². The third-order valence-electron chi connectivity index (χ3n) is 2.74. The van der Waals surface area contributed by atoms with E-state index in [1.54, 1.807) is 0 Å². The van der Waals surface area contributed by atoms with E-state index >= 15 is 0 Å². The monoisotopic (exact) mass is 261 g/mol. The van der Waals surface area contributed by atoms with Gasteiger partial charge in [-0.15, -0.1) is 0 Å². The summed E-state index contributed by atoms with van der Waals surface area (Å²) in [5, 5.41) is 9.92. The Morgan fingerprint density at radius 3 is 2.28 bits per heavy atom. The second-order valence-corrected chi connectivity index (χ2v) is 3.80. The lowest BCUT2D eigenvalue weighted by molar-refractivity contribution is -0.135. The van der Waals surface area contributed by atoms with Gasteiger partial charge >= 0.3 is 0 Å². The van der Waals surface area contributed by atoms with Crippen LogP contribution in [0.1, 0.15) is 5.69 Å². The Morgan fingerprint density at radius 2 is 1.78 bits per heavy atom. The van der Waals surface area contributed by atoms with Crippen molar-refractivity contribution in [3.8, 4) is 0 Å². The molecular weight excluding hydrogens is 254 g/mol. The van der Waals surface area contributed by atoms with E-state index in [-0.39, 0.29) is 0 Å². The average Bonchev–Trinajstić information content (AvgIpc) is 2.78. The number of carbonyl (C=O) groups excluding carboxylic acids is 1. The number of carbonyl (C=O) groups is 1. The highest BCUT2D eigenvalue weighted by Crippen LogP contribution is 2.43. The quantitative estimate of drug-likeness (QED) is 0.786. The first kappa shape index (κ1) is 12.6. The molecule has 1 atom stereocenters. The second kappa shape index (κ2) is 3.81. The van der Waals surface area contributed by atoms with Gasteiger partial charge in [0.25, 0.3) is 0 Å². The van der Waals surface area contributed by atoms with E-state index in [0.29, 0.717) is 0 Å². The average molecular weight is 261 g/mol. The number of aryl methyl sites for hydroxylation is 1. The van der Waals surface area contributed by atoms with Gasteiger partial charge in [0.05, 0.1) is 5.69 Å². The van der Waals surface area contributed by atoms with Gasteiger partial charge in [-0.05, 0) is 12.1 Å². The smallest absolute Gasteiger partial charge is 0.239 e. The molecule has 0 amide bonds. The molecule has 18 heavy (non-hydrogen) atoms. The van der Waals surface area contributed by atoms with E-state index in [2.05, 4.69) is 0 Å². The zero-order chi connectivity index (χ0) is 13.7. The molecule has 1 aromatic heterocycles. The predicted octanol–water partition coefficient (Wildman–Crippen LogP) is 2.10.